The fourth-order valence-corrected chi connectivity index (χ4v) is 3.53. The van der Waals surface area contributed by atoms with Gasteiger partial charge in [-0.1, -0.05) is 0 Å². The van der Waals surface area contributed by atoms with Gasteiger partial charge in [0.05, 0.1) is 11.6 Å². The van der Waals surface area contributed by atoms with Crippen LogP contribution >= 0.6 is 11.3 Å². The van der Waals surface area contributed by atoms with Crippen molar-refractivity contribution in [3.8, 4) is 6.07 Å². The average molecular weight is 272 g/mol. The van der Waals surface area contributed by atoms with Crippen molar-refractivity contribution in [2.24, 2.45) is 0 Å². The molecule has 1 atom stereocenters. The molecular formula is C15H13FN2S. The zero-order valence-electron chi connectivity index (χ0n) is 10.3. The number of anilines is 1. The van der Waals surface area contributed by atoms with Gasteiger partial charge in [-0.3, -0.25) is 0 Å². The van der Waals surface area contributed by atoms with Gasteiger partial charge in [-0.15, -0.1) is 11.3 Å². The lowest BCUT2D eigenvalue weighted by Gasteiger charge is -2.24. The monoisotopic (exact) mass is 272 g/mol. The number of nitrogens with one attached hydrogen (secondary N) is 1. The maximum absolute atomic E-state index is 13.3. The zero-order chi connectivity index (χ0) is 13.2. The third-order valence-electron chi connectivity index (χ3n) is 3.48. The van der Waals surface area contributed by atoms with E-state index in [9.17, 15) is 4.39 Å². The predicted molar refractivity (Wildman–Crippen MR) is 74.7 cm³/mol. The van der Waals surface area contributed by atoms with E-state index in [4.69, 9.17) is 5.26 Å². The van der Waals surface area contributed by atoms with E-state index in [2.05, 4.69) is 16.8 Å². The van der Waals surface area contributed by atoms with Crippen LogP contribution in [0.5, 0.6) is 0 Å². The van der Waals surface area contributed by atoms with Crippen LogP contribution < -0.4 is 5.32 Å². The summed E-state index contributed by atoms with van der Waals surface area (Å²) in [4.78, 5) is 1.44. The third kappa shape index (κ3) is 2.34. The Hall–Kier alpha value is -1.86. The number of rotatable bonds is 2. The van der Waals surface area contributed by atoms with E-state index in [0.29, 0.717) is 0 Å². The molecular weight excluding hydrogens is 259 g/mol. The number of nitrogens with zero attached hydrogens (tertiary/aromatic N) is 1. The van der Waals surface area contributed by atoms with Gasteiger partial charge in [0, 0.05) is 10.6 Å². The van der Waals surface area contributed by atoms with Crippen LogP contribution in [-0.2, 0) is 6.42 Å². The van der Waals surface area contributed by atoms with Crippen LogP contribution in [0.3, 0.4) is 0 Å². The van der Waals surface area contributed by atoms with Crippen LogP contribution in [0.4, 0.5) is 10.1 Å². The van der Waals surface area contributed by atoms with Gasteiger partial charge in [-0.2, -0.15) is 5.26 Å². The molecule has 1 unspecified atom stereocenters. The summed E-state index contributed by atoms with van der Waals surface area (Å²) >= 11 is 1.80. The van der Waals surface area contributed by atoms with E-state index in [-0.39, 0.29) is 11.6 Å². The lowest BCUT2D eigenvalue weighted by Crippen LogP contribution is -2.15. The molecule has 0 saturated carbocycles. The number of aryl methyl sites for hydroxylation is 1. The summed E-state index contributed by atoms with van der Waals surface area (Å²) in [5.74, 6) is -0.465. The summed E-state index contributed by atoms with van der Waals surface area (Å²) in [6.45, 7) is 0. The van der Waals surface area contributed by atoms with Crippen LogP contribution in [0, 0.1) is 17.1 Å². The van der Waals surface area contributed by atoms with Gasteiger partial charge in [-0.25, -0.2) is 4.39 Å². The number of nitriles is 1. The molecule has 0 aliphatic heterocycles. The Morgan fingerprint density at radius 1 is 1.37 bits per heavy atom. The minimum Gasteiger partial charge on any atom is -0.378 e. The molecule has 0 spiro atoms. The first-order valence-electron chi connectivity index (χ1n) is 6.30. The minimum atomic E-state index is -0.465. The van der Waals surface area contributed by atoms with E-state index < -0.39 is 5.82 Å². The Balaban J connectivity index is 1.86. The normalized spacial score (nSPS) is 17.6. The Kier molecular flexibility index (Phi) is 3.22. The van der Waals surface area contributed by atoms with Crippen LogP contribution in [0.2, 0.25) is 0 Å². The molecule has 19 heavy (non-hydrogen) atoms. The van der Waals surface area contributed by atoms with Gasteiger partial charge in [-0.05, 0) is 54.5 Å². The van der Waals surface area contributed by atoms with E-state index in [1.165, 1.54) is 16.5 Å². The van der Waals surface area contributed by atoms with Gasteiger partial charge in [0.2, 0.25) is 0 Å². The molecule has 0 saturated heterocycles. The second-order valence-electron chi connectivity index (χ2n) is 4.69. The van der Waals surface area contributed by atoms with Crippen molar-refractivity contribution >= 4 is 17.0 Å². The second kappa shape index (κ2) is 5.02. The summed E-state index contributed by atoms with van der Waals surface area (Å²) in [7, 11) is 0. The summed E-state index contributed by atoms with van der Waals surface area (Å²) < 4.78 is 13.3. The van der Waals surface area contributed by atoms with E-state index in [0.717, 1.165) is 24.9 Å². The summed E-state index contributed by atoms with van der Waals surface area (Å²) in [6.07, 6.45) is 3.39. The highest BCUT2D eigenvalue weighted by Crippen LogP contribution is 2.35. The Morgan fingerprint density at radius 2 is 2.26 bits per heavy atom. The smallest absolute Gasteiger partial charge is 0.141 e. The molecule has 2 aromatic rings. The quantitative estimate of drug-likeness (QED) is 0.887. The second-order valence-corrected chi connectivity index (χ2v) is 5.70. The molecule has 1 heterocycles. The van der Waals surface area contributed by atoms with Crippen LogP contribution in [-0.4, -0.2) is 0 Å². The maximum Gasteiger partial charge on any atom is 0.141 e. The summed E-state index contributed by atoms with van der Waals surface area (Å²) in [6, 6.07) is 8.92. The van der Waals surface area contributed by atoms with Crippen LogP contribution in [0.15, 0.2) is 29.6 Å². The molecule has 3 rings (SSSR count). The first-order chi connectivity index (χ1) is 9.28. The van der Waals surface area contributed by atoms with Crippen molar-refractivity contribution in [1.82, 2.24) is 0 Å². The highest BCUT2D eigenvalue weighted by atomic mass is 32.1. The highest BCUT2D eigenvalue weighted by molar-refractivity contribution is 7.10. The first kappa shape index (κ1) is 12.2. The topological polar surface area (TPSA) is 35.8 Å². The molecule has 0 bridgehead atoms. The standard InChI is InChI=1S/C15H13FN2S/c16-13-5-4-11(8-10(13)9-17)18-14-2-1-3-15-12(14)6-7-19-15/h4-8,14,18H,1-3H2. The van der Waals surface area contributed by atoms with Crippen molar-refractivity contribution in [2.45, 2.75) is 25.3 Å². The number of benzene rings is 1. The molecule has 0 fully saturated rings. The SMILES string of the molecule is N#Cc1cc(NC2CCCc3sccc32)ccc1F. The molecule has 1 aromatic carbocycles. The molecule has 0 amide bonds. The molecule has 2 nitrogen and oxygen atoms in total. The fraction of sp³-hybridized carbons (Fsp3) is 0.267. The molecule has 1 aromatic heterocycles. The van der Waals surface area contributed by atoms with Gasteiger partial charge in [0.15, 0.2) is 0 Å². The predicted octanol–water partition coefficient (Wildman–Crippen LogP) is 4.25. The average Bonchev–Trinajstić information content (AvgIpc) is 2.90. The molecule has 1 aliphatic rings. The zero-order valence-corrected chi connectivity index (χ0v) is 11.1. The van der Waals surface area contributed by atoms with Gasteiger partial charge in [0.25, 0.3) is 0 Å². The van der Waals surface area contributed by atoms with Crippen molar-refractivity contribution in [2.75, 3.05) is 5.32 Å². The first-order valence-corrected chi connectivity index (χ1v) is 7.18. The van der Waals surface area contributed by atoms with Crippen molar-refractivity contribution in [3.63, 3.8) is 0 Å². The molecule has 4 heteroatoms. The Bertz CT molecular complexity index is 642. The summed E-state index contributed by atoms with van der Waals surface area (Å²) in [5.41, 5.74) is 2.24. The van der Waals surface area contributed by atoms with E-state index in [1.54, 1.807) is 23.5 Å². The maximum atomic E-state index is 13.3. The molecule has 1 N–H and O–H groups in total. The fourth-order valence-electron chi connectivity index (χ4n) is 2.54. The molecule has 1 aliphatic carbocycles. The van der Waals surface area contributed by atoms with Gasteiger partial charge < -0.3 is 5.32 Å². The van der Waals surface area contributed by atoms with E-state index in [1.807, 2.05) is 6.07 Å². The Morgan fingerprint density at radius 3 is 3.11 bits per heavy atom. The largest absolute Gasteiger partial charge is 0.378 e. The number of fused-ring (bicyclic) bond motifs is 1. The molecule has 96 valence electrons. The number of hydrogen-bond donors (Lipinski definition) is 1. The van der Waals surface area contributed by atoms with Crippen LogP contribution in [0.1, 0.15) is 34.9 Å². The highest BCUT2D eigenvalue weighted by Gasteiger charge is 2.21. The number of hydrogen-bond acceptors (Lipinski definition) is 3. The lowest BCUT2D eigenvalue weighted by molar-refractivity contribution is 0.607. The number of halogens is 1. The third-order valence-corrected chi connectivity index (χ3v) is 4.48. The van der Waals surface area contributed by atoms with Crippen molar-refractivity contribution in [3.05, 3.63) is 51.5 Å². The van der Waals surface area contributed by atoms with Crippen molar-refractivity contribution < 1.29 is 4.39 Å². The summed E-state index contributed by atoms with van der Waals surface area (Å²) in [5, 5.41) is 14.4. The molecule has 0 radical (unpaired) electrons. The van der Waals surface area contributed by atoms with E-state index >= 15 is 0 Å². The minimum absolute atomic E-state index is 0.0892. The lowest BCUT2D eigenvalue weighted by atomic mass is 9.94. The van der Waals surface area contributed by atoms with Gasteiger partial charge in [0.1, 0.15) is 11.9 Å². The Labute approximate surface area is 115 Å². The van der Waals surface area contributed by atoms with Crippen LogP contribution in [0.25, 0.3) is 0 Å². The van der Waals surface area contributed by atoms with Crippen molar-refractivity contribution in [1.29, 1.82) is 5.26 Å². The van der Waals surface area contributed by atoms with Gasteiger partial charge >= 0.3 is 0 Å². The number of thiophene rings is 1.